The van der Waals surface area contributed by atoms with Crippen molar-refractivity contribution in [3.05, 3.63) is 66.0 Å². The Morgan fingerprint density at radius 2 is 1.06 bits per heavy atom. The zero-order valence-electron chi connectivity index (χ0n) is 26.5. The van der Waals surface area contributed by atoms with Crippen LogP contribution in [-0.2, 0) is 21.2 Å². The Kier molecular flexibility index (Phi) is 18.4. The molecule has 0 bridgehead atoms. The number of phenolic OH excluding ortho intramolecular Hbond substituents is 1. The van der Waals surface area contributed by atoms with Gasteiger partial charge in [0, 0.05) is 0 Å². The second kappa shape index (κ2) is 21.0. The van der Waals surface area contributed by atoms with Gasteiger partial charge in [-0.2, -0.15) is 8.42 Å². The fraction of sp³-hybridized carbons (Fsp3) is 0.250. The molecule has 0 aliphatic heterocycles. The van der Waals surface area contributed by atoms with E-state index < -0.39 is 21.2 Å². The van der Waals surface area contributed by atoms with Gasteiger partial charge >= 0.3 is 21.2 Å². The smallest absolute Gasteiger partial charge is 0.476 e. The number of benzene rings is 3. The number of hydrogen-bond donors (Lipinski definition) is 4. The average Bonchev–Trinajstić information content (AvgIpc) is 3.66. The Morgan fingerprint density at radius 1 is 0.714 bits per heavy atom. The zero-order chi connectivity index (χ0) is 37.3. The van der Waals surface area contributed by atoms with Crippen LogP contribution in [0.5, 0.6) is 5.75 Å². The summed E-state index contributed by atoms with van der Waals surface area (Å²) in [7, 11) is -8.78. The third-order valence-electron chi connectivity index (χ3n) is 5.66. The number of halogens is 3. The number of phenols is 1. The predicted octanol–water partition coefficient (Wildman–Crippen LogP) is 6.30. The van der Waals surface area contributed by atoms with Crippen molar-refractivity contribution >= 4 is 101 Å². The highest BCUT2D eigenvalue weighted by molar-refractivity contribution is 7.81. The van der Waals surface area contributed by atoms with Crippen molar-refractivity contribution in [2.75, 3.05) is 36.8 Å². The van der Waals surface area contributed by atoms with E-state index in [4.69, 9.17) is 43.4 Å². The first-order chi connectivity index (χ1) is 22.8. The minimum Gasteiger partial charge on any atom is -0.508 e. The Labute approximate surface area is 294 Å². The third-order valence-corrected chi connectivity index (χ3v) is 8.20. The van der Waals surface area contributed by atoms with E-state index in [1.807, 2.05) is 12.1 Å². The van der Waals surface area contributed by atoms with Crippen molar-refractivity contribution in [2.45, 2.75) is 27.7 Å². The molecule has 49 heavy (non-hydrogen) atoms. The van der Waals surface area contributed by atoms with E-state index in [1.54, 1.807) is 24.3 Å². The number of nitrogen functional groups attached to an aromatic ring is 3. The van der Waals surface area contributed by atoms with Crippen molar-refractivity contribution in [1.82, 2.24) is 19.9 Å². The number of anilines is 3. The number of nitrogens with two attached hydrogens (primary N) is 3. The van der Waals surface area contributed by atoms with Gasteiger partial charge in [0.15, 0.2) is 15.4 Å². The van der Waals surface area contributed by atoms with Crippen LogP contribution in [0.25, 0.3) is 30.6 Å². The standard InChI is InChI=1S/C8H8N2S.C7H5FN2S.C7H6N2OS.C6H15N.F2O2S.O3S/c1-5-2-3-6-7(4-5)11-8(9)10-6;8-4-1-2-5-6(3-4)11-7(9)10-5;8-7-9-5-2-1-4(10)3-6(5)11-7;1-4-7(5-2)6-3;1-5(2,3)4;1-4(2)3/h2-4H,1H3,(H2,9,10);1-3H,(H2,9,10);1-3,10H,(H2,8,9);4-6H2,1-3H3;;. The van der Waals surface area contributed by atoms with Crippen LogP contribution in [0.3, 0.4) is 0 Å². The largest absolute Gasteiger partial charge is 0.508 e. The van der Waals surface area contributed by atoms with E-state index in [-0.39, 0.29) is 11.6 Å². The number of aromatic hydroxyl groups is 1. The number of hydrogen-bond acceptors (Lipinski definition) is 16. The molecule has 0 fully saturated rings. The topological polar surface area (TPSA) is 226 Å². The maximum absolute atomic E-state index is 12.6. The number of aromatic nitrogens is 3. The van der Waals surface area contributed by atoms with Crippen LogP contribution in [0.15, 0.2) is 54.6 Å². The monoisotopic (exact) mass is 781 g/mol. The molecule has 0 atom stereocenters. The highest BCUT2D eigenvalue weighted by atomic mass is 32.3. The highest BCUT2D eigenvalue weighted by Crippen LogP contribution is 2.27. The number of fused-ring (bicyclic) bond motifs is 3. The Balaban J connectivity index is 0.000000306. The second-order valence-electron chi connectivity index (χ2n) is 9.09. The molecule has 268 valence electrons. The molecule has 13 nitrogen and oxygen atoms in total. The molecule has 0 aliphatic carbocycles. The van der Waals surface area contributed by atoms with Crippen LogP contribution >= 0.6 is 34.0 Å². The first-order valence-corrected chi connectivity index (χ1v) is 18.5. The molecule has 0 saturated carbocycles. The molecule has 0 spiro atoms. The summed E-state index contributed by atoms with van der Waals surface area (Å²) in [5.74, 6) is 0.00213. The maximum atomic E-state index is 12.6. The lowest BCUT2D eigenvalue weighted by Gasteiger charge is -2.13. The van der Waals surface area contributed by atoms with E-state index in [9.17, 15) is 12.2 Å². The fourth-order valence-corrected chi connectivity index (χ4v) is 5.93. The number of rotatable bonds is 3. The Morgan fingerprint density at radius 3 is 1.45 bits per heavy atom. The summed E-state index contributed by atoms with van der Waals surface area (Å²) in [6.45, 7) is 12.2. The molecule has 3 aromatic carbocycles. The summed E-state index contributed by atoms with van der Waals surface area (Å²) in [6.07, 6.45) is 0. The normalized spacial score (nSPS) is 10.3. The fourth-order valence-electron chi connectivity index (χ4n) is 3.57. The molecule has 3 aromatic heterocycles. The zero-order valence-corrected chi connectivity index (χ0v) is 30.6. The molecule has 6 rings (SSSR count). The van der Waals surface area contributed by atoms with Gasteiger partial charge in [-0.15, -0.1) is 12.6 Å². The van der Waals surface area contributed by atoms with Gasteiger partial charge in [0.25, 0.3) is 0 Å². The van der Waals surface area contributed by atoms with Gasteiger partial charge in [0.2, 0.25) is 0 Å². The van der Waals surface area contributed by atoms with Crippen LogP contribution in [-0.4, -0.2) is 65.6 Å². The molecule has 6 aromatic rings. The molecular weight excluding hydrogens is 748 g/mol. The van der Waals surface area contributed by atoms with E-state index in [2.05, 4.69) is 53.6 Å². The molecule has 0 saturated heterocycles. The number of nitrogens with zero attached hydrogens (tertiary/aromatic N) is 4. The van der Waals surface area contributed by atoms with Crippen molar-refractivity contribution in [3.63, 3.8) is 0 Å². The van der Waals surface area contributed by atoms with Gasteiger partial charge in [-0.3, -0.25) is 0 Å². The molecule has 3 heterocycles. The van der Waals surface area contributed by atoms with Crippen LogP contribution in [0.1, 0.15) is 26.3 Å². The van der Waals surface area contributed by atoms with E-state index >= 15 is 0 Å². The summed E-state index contributed by atoms with van der Waals surface area (Å²) >= 11 is 4.20. The van der Waals surface area contributed by atoms with Gasteiger partial charge in [0.05, 0.1) is 30.6 Å². The van der Waals surface area contributed by atoms with Gasteiger partial charge in [-0.1, -0.05) is 68.6 Å². The Bertz CT molecular complexity index is 1940. The molecular formula is C28H34F3N7O6S5. The molecule has 0 amide bonds. The first kappa shape index (κ1) is 42.9. The lowest BCUT2D eigenvalue weighted by atomic mass is 10.2. The summed E-state index contributed by atoms with van der Waals surface area (Å²) in [5.41, 5.74) is 20.3. The molecule has 0 radical (unpaired) electrons. The number of thiazole rings is 3. The van der Waals surface area contributed by atoms with Gasteiger partial charge in [-0.25, -0.2) is 19.3 Å². The maximum Gasteiger partial charge on any atom is 0.476 e. The predicted molar refractivity (Wildman–Crippen MR) is 193 cm³/mol. The minimum absolute atomic E-state index is 0.249. The SMILES string of the molecule is CCN(CC)CC.Cc1ccc2nc(N)sc2c1.Nc1nc2ccc(F)cc2s1.Nc1nc2ccc(O)cc2s1.O=S(=O)(F)F.O=S(=O)=O. The van der Waals surface area contributed by atoms with E-state index in [0.29, 0.717) is 15.4 Å². The lowest BCUT2D eigenvalue weighted by Crippen LogP contribution is -2.21. The van der Waals surface area contributed by atoms with E-state index in [0.717, 1.165) is 25.9 Å². The third kappa shape index (κ3) is 18.3. The van der Waals surface area contributed by atoms with Crippen LogP contribution in [0.4, 0.5) is 27.6 Å². The van der Waals surface area contributed by atoms with Gasteiger partial charge in [-0.05, 0) is 80.7 Å². The Hall–Kier alpha value is -4.15. The van der Waals surface area contributed by atoms with Crippen LogP contribution in [0, 0.1) is 12.7 Å². The molecule has 0 aliphatic rings. The summed E-state index contributed by atoms with van der Waals surface area (Å²) in [6, 6.07) is 15.6. The molecule has 7 N–H and O–H groups in total. The summed E-state index contributed by atoms with van der Waals surface area (Å²) in [4.78, 5) is 14.5. The molecule has 21 heteroatoms. The first-order valence-electron chi connectivity index (χ1n) is 13.8. The molecule has 0 unspecified atom stereocenters. The van der Waals surface area contributed by atoms with Crippen LogP contribution in [0.2, 0.25) is 0 Å². The quantitative estimate of drug-likeness (QED) is 0.145. The van der Waals surface area contributed by atoms with Crippen molar-refractivity contribution in [3.8, 4) is 5.75 Å². The lowest BCUT2D eigenvalue weighted by molar-refractivity contribution is 0.321. The highest BCUT2D eigenvalue weighted by Gasteiger charge is 2.02. The van der Waals surface area contributed by atoms with Crippen molar-refractivity contribution in [1.29, 1.82) is 0 Å². The summed E-state index contributed by atoms with van der Waals surface area (Å²) < 4.78 is 77.4. The van der Waals surface area contributed by atoms with Gasteiger partial charge in [0.1, 0.15) is 11.6 Å². The van der Waals surface area contributed by atoms with Crippen molar-refractivity contribution < 1.29 is 38.3 Å². The summed E-state index contributed by atoms with van der Waals surface area (Å²) in [5, 5.41) is 10.7. The number of aryl methyl sites for hydroxylation is 1. The van der Waals surface area contributed by atoms with E-state index in [1.165, 1.54) is 76.0 Å². The van der Waals surface area contributed by atoms with Gasteiger partial charge < -0.3 is 27.2 Å². The minimum atomic E-state index is -5.67. The second-order valence-corrected chi connectivity index (χ2v) is 13.4. The van der Waals surface area contributed by atoms with Crippen LogP contribution < -0.4 is 17.2 Å². The average molecular weight is 782 g/mol. The van der Waals surface area contributed by atoms with Crippen molar-refractivity contribution in [2.24, 2.45) is 0 Å².